The normalized spacial score (nSPS) is 22.4. The maximum Gasteiger partial charge on any atom is 0.193 e. The molecule has 1 aromatic rings. The first-order valence-electron chi connectivity index (χ1n) is 8.82. The lowest BCUT2D eigenvalue weighted by atomic mass is 9.92. The van der Waals surface area contributed by atoms with Crippen molar-refractivity contribution in [3.8, 4) is 0 Å². The number of hydrogen-bond donors (Lipinski definition) is 1. The number of furan rings is 1. The fraction of sp³-hybridized carbons (Fsp3) is 0.722. The third kappa shape index (κ3) is 6.26. The Hall–Kier alpha value is -1.49. The van der Waals surface area contributed by atoms with Crippen molar-refractivity contribution < 1.29 is 9.15 Å². The Morgan fingerprint density at radius 3 is 2.83 bits per heavy atom. The van der Waals surface area contributed by atoms with Crippen molar-refractivity contribution in [2.24, 2.45) is 16.8 Å². The van der Waals surface area contributed by atoms with E-state index in [1.165, 1.54) is 6.42 Å². The van der Waals surface area contributed by atoms with Gasteiger partial charge in [-0.15, -0.1) is 0 Å². The number of ether oxygens (including phenoxy) is 1. The molecule has 2 heterocycles. The zero-order valence-corrected chi connectivity index (χ0v) is 14.8. The summed E-state index contributed by atoms with van der Waals surface area (Å²) >= 11 is 0. The molecular formula is C18H31N3O2. The molecule has 5 heteroatoms. The number of piperidine rings is 1. The second kappa shape index (κ2) is 9.60. The maximum absolute atomic E-state index is 5.60. The standard InChI is InChI=1S/C18H31N3O2/c1-4-19-18(21-12-15(2)11-16(3)13-21)20-8-6-9-22-14-17-7-5-10-23-17/h5,7,10,15-16H,4,6,8-9,11-14H2,1-3H3,(H,19,20). The van der Waals surface area contributed by atoms with Crippen LogP contribution in [0.15, 0.2) is 27.8 Å². The highest BCUT2D eigenvalue weighted by molar-refractivity contribution is 5.80. The first-order chi connectivity index (χ1) is 11.2. The van der Waals surface area contributed by atoms with E-state index in [1.807, 2.05) is 12.1 Å². The molecule has 0 amide bonds. The van der Waals surface area contributed by atoms with Crippen LogP contribution in [0.1, 0.15) is 39.4 Å². The number of likely N-dealkylation sites (tertiary alicyclic amines) is 1. The van der Waals surface area contributed by atoms with Crippen molar-refractivity contribution in [2.45, 2.75) is 40.2 Å². The van der Waals surface area contributed by atoms with Gasteiger partial charge in [-0.25, -0.2) is 0 Å². The van der Waals surface area contributed by atoms with Crippen LogP contribution in [0.4, 0.5) is 0 Å². The summed E-state index contributed by atoms with van der Waals surface area (Å²) in [5.74, 6) is 3.40. The Morgan fingerprint density at radius 1 is 1.39 bits per heavy atom. The van der Waals surface area contributed by atoms with Crippen molar-refractivity contribution in [3.63, 3.8) is 0 Å². The fourth-order valence-corrected chi connectivity index (χ4v) is 3.18. The molecule has 2 unspecified atom stereocenters. The number of rotatable bonds is 7. The molecule has 0 bridgehead atoms. The van der Waals surface area contributed by atoms with Gasteiger partial charge in [0.25, 0.3) is 0 Å². The summed E-state index contributed by atoms with van der Waals surface area (Å²) in [4.78, 5) is 7.18. The van der Waals surface area contributed by atoms with E-state index in [0.717, 1.165) is 56.2 Å². The van der Waals surface area contributed by atoms with Crippen molar-refractivity contribution in [1.29, 1.82) is 0 Å². The minimum atomic E-state index is 0.540. The van der Waals surface area contributed by atoms with Gasteiger partial charge in [-0.3, -0.25) is 4.99 Å². The molecule has 1 aliphatic heterocycles. The molecule has 2 rings (SSSR count). The van der Waals surface area contributed by atoms with Gasteiger partial charge in [0.15, 0.2) is 5.96 Å². The van der Waals surface area contributed by atoms with E-state index in [2.05, 4.69) is 31.0 Å². The third-order valence-corrected chi connectivity index (χ3v) is 4.04. The van der Waals surface area contributed by atoms with Crippen LogP contribution in [0.2, 0.25) is 0 Å². The van der Waals surface area contributed by atoms with Gasteiger partial charge >= 0.3 is 0 Å². The molecule has 130 valence electrons. The Kier molecular flexibility index (Phi) is 7.46. The van der Waals surface area contributed by atoms with E-state index in [9.17, 15) is 0 Å². The zero-order chi connectivity index (χ0) is 16.5. The minimum absolute atomic E-state index is 0.540. The smallest absolute Gasteiger partial charge is 0.193 e. The first kappa shape index (κ1) is 17.9. The molecule has 0 aliphatic carbocycles. The Morgan fingerprint density at radius 2 is 2.17 bits per heavy atom. The number of aliphatic imine (C=N–C) groups is 1. The van der Waals surface area contributed by atoms with E-state index < -0.39 is 0 Å². The van der Waals surface area contributed by atoms with E-state index in [0.29, 0.717) is 13.2 Å². The van der Waals surface area contributed by atoms with Gasteiger partial charge in [-0.1, -0.05) is 13.8 Å². The second-order valence-electron chi connectivity index (χ2n) is 6.57. The van der Waals surface area contributed by atoms with Gasteiger partial charge in [0.2, 0.25) is 0 Å². The SMILES string of the molecule is CCNC(=NCCCOCc1ccco1)N1CC(C)CC(C)C1. The summed E-state index contributed by atoms with van der Waals surface area (Å²) in [6, 6.07) is 3.81. The van der Waals surface area contributed by atoms with Gasteiger partial charge in [-0.2, -0.15) is 0 Å². The lowest BCUT2D eigenvalue weighted by molar-refractivity contribution is 0.105. The molecule has 1 N–H and O–H groups in total. The number of guanidine groups is 1. The average Bonchev–Trinajstić information content (AvgIpc) is 3.02. The van der Waals surface area contributed by atoms with E-state index >= 15 is 0 Å². The summed E-state index contributed by atoms with van der Waals surface area (Å²) in [6.45, 7) is 11.9. The van der Waals surface area contributed by atoms with Crippen LogP contribution in [0, 0.1) is 11.8 Å². The molecule has 0 radical (unpaired) electrons. The molecule has 0 aromatic carbocycles. The van der Waals surface area contributed by atoms with E-state index in [-0.39, 0.29) is 0 Å². The number of nitrogens with one attached hydrogen (secondary N) is 1. The van der Waals surface area contributed by atoms with Crippen molar-refractivity contribution in [3.05, 3.63) is 24.2 Å². The maximum atomic E-state index is 5.60. The Labute approximate surface area is 140 Å². The van der Waals surface area contributed by atoms with Crippen LogP contribution in [-0.4, -0.2) is 43.6 Å². The number of nitrogens with zero attached hydrogens (tertiary/aromatic N) is 2. The lowest BCUT2D eigenvalue weighted by Gasteiger charge is -2.37. The molecule has 1 aliphatic rings. The molecule has 0 saturated carbocycles. The third-order valence-electron chi connectivity index (χ3n) is 4.04. The highest BCUT2D eigenvalue weighted by Crippen LogP contribution is 2.20. The van der Waals surface area contributed by atoms with Crippen LogP contribution >= 0.6 is 0 Å². The van der Waals surface area contributed by atoms with Gasteiger partial charge < -0.3 is 19.4 Å². The van der Waals surface area contributed by atoms with Crippen molar-refractivity contribution >= 4 is 5.96 Å². The highest BCUT2D eigenvalue weighted by atomic mass is 16.5. The molecule has 23 heavy (non-hydrogen) atoms. The van der Waals surface area contributed by atoms with Gasteiger partial charge in [-0.05, 0) is 43.7 Å². The number of hydrogen-bond acceptors (Lipinski definition) is 3. The second-order valence-corrected chi connectivity index (χ2v) is 6.57. The molecule has 0 spiro atoms. The molecule has 1 fully saturated rings. The predicted molar refractivity (Wildman–Crippen MR) is 93.5 cm³/mol. The Balaban J connectivity index is 1.72. The van der Waals surface area contributed by atoms with Crippen LogP contribution in [0.25, 0.3) is 0 Å². The summed E-state index contributed by atoms with van der Waals surface area (Å²) < 4.78 is 10.8. The molecule has 5 nitrogen and oxygen atoms in total. The fourth-order valence-electron chi connectivity index (χ4n) is 3.18. The van der Waals surface area contributed by atoms with Gasteiger partial charge in [0.1, 0.15) is 12.4 Å². The average molecular weight is 321 g/mol. The minimum Gasteiger partial charge on any atom is -0.467 e. The monoisotopic (exact) mass is 321 g/mol. The van der Waals surface area contributed by atoms with Gasteiger partial charge in [0, 0.05) is 32.8 Å². The summed E-state index contributed by atoms with van der Waals surface area (Å²) in [6.07, 6.45) is 3.91. The molecule has 2 atom stereocenters. The topological polar surface area (TPSA) is 50.0 Å². The summed E-state index contributed by atoms with van der Waals surface area (Å²) in [5, 5.41) is 3.43. The lowest BCUT2D eigenvalue weighted by Crippen LogP contribution is -2.48. The zero-order valence-electron chi connectivity index (χ0n) is 14.8. The predicted octanol–water partition coefficient (Wildman–Crippen LogP) is 3.13. The first-order valence-corrected chi connectivity index (χ1v) is 8.82. The van der Waals surface area contributed by atoms with Crippen molar-refractivity contribution in [2.75, 3.05) is 32.8 Å². The van der Waals surface area contributed by atoms with Crippen molar-refractivity contribution in [1.82, 2.24) is 10.2 Å². The van der Waals surface area contributed by atoms with E-state index in [1.54, 1.807) is 6.26 Å². The molecule has 1 aromatic heterocycles. The summed E-state index contributed by atoms with van der Waals surface area (Å²) in [5.41, 5.74) is 0. The quantitative estimate of drug-likeness (QED) is 0.476. The highest BCUT2D eigenvalue weighted by Gasteiger charge is 2.23. The van der Waals surface area contributed by atoms with Gasteiger partial charge in [0.05, 0.1) is 6.26 Å². The van der Waals surface area contributed by atoms with Crippen LogP contribution < -0.4 is 5.32 Å². The molecular weight excluding hydrogens is 290 g/mol. The summed E-state index contributed by atoms with van der Waals surface area (Å²) in [7, 11) is 0. The molecule has 1 saturated heterocycles. The largest absolute Gasteiger partial charge is 0.467 e. The van der Waals surface area contributed by atoms with Crippen LogP contribution in [0.5, 0.6) is 0 Å². The van der Waals surface area contributed by atoms with E-state index in [4.69, 9.17) is 14.1 Å². The Bertz CT molecular complexity index is 449. The van der Waals surface area contributed by atoms with Crippen LogP contribution in [-0.2, 0) is 11.3 Å². The van der Waals surface area contributed by atoms with Crippen LogP contribution in [0.3, 0.4) is 0 Å².